The molecule has 0 saturated heterocycles. The van der Waals surface area contributed by atoms with Gasteiger partial charge in [-0.05, 0) is 0 Å². The number of rotatable bonds is 3. The SMILES string of the molecule is CC[Si](C)(C)C[Si](C)(C)C. The van der Waals surface area contributed by atoms with Gasteiger partial charge in [0, 0.05) is 16.1 Å². The molecule has 0 aromatic rings. The maximum atomic E-state index is 2.52. The van der Waals surface area contributed by atoms with Crippen LogP contribution >= 0.6 is 0 Å². The fourth-order valence-electron chi connectivity index (χ4n) is 1.56. The van der Waals surface area contributed by atoms with Crippen LogP contribution in [0.4, 0.5) is 0 Å². The molecule has 0 fully saturated rings. The Balaban J connectivity index is 3.89. The normalized spacial score (nSPS) is 13.8. The summed E-state index contributed by atoms with van der Waals surface area (Å²) in [4.78, 5) is 0. The Morgan fingerprint density at radius 2 is 1.30 bits per heavy atom. The van der Waals surface area contributed by atoms with E-state index in [1.165, 1.54) is 6.04 Å². The summed E-state index contributed by atoms with van der Waals surface area (Å²) in [6.45, 7) is 14.8. The molecule has 0 aromatic carbocycles. The summed E-state index contributed by atoms with van der Waals surface area (Å²) in [6, 6.07) is 1.46. The molecule has 0 spiro atoms. The molecule has 0 radical (unpaired) electrons. The van der Waals surface area contributed by atoms with Gasteiger partial charge in [-0.3, -0.25) is 0 Å². The third kappa shape index (κ3) is 5.24. The third-order valence-corrected chi connectivity index (χ3v) is 12.0. The van der Waals surface area contributed by atoms with Crippen molar-refractivity contribution in [2.24, 2.45) is 0 Å². The van der Waals surface area contributed by atoms with Crippen molar-refractivity contribution in [3.8, 4) is 0 Å². The first-order valence-electron chi connectivity index (χ1n) is 4.27. The van der Waals surface area contributed by atoms with Crippen molar-refractivity contribution in [2.45, 2.75) is 51.4 Å². The van der Waals surface area contributed by atoms with Gasteiger partial charge in [0.2, 0.25) is 0 Å². The van der Waals surface area contributed by atoms with E-state index in [2.05, 4.69) is 39.7 Å². The Kier molecular flexibility index (Phi) is 3.36. The number of hydrogen-bond donors (Lipinski definition) is 0. The fraction of sp³-hybridized carbons (Fsp3) is 1.00. The summed E-state index contributed by atoms with van der Waals surface area (Å²) in [5.74, 6) is 0. The van der Waals surface area contributed by atoms with Crippen LogP contribution in [0.3, 0.4) is 0 Å². The minimum absolute atomic E-state index is 0.751. The lowest BCUT2D eigenvalue weighted by Gasteiger charge is -2.28. The molecular formula is C8H22Si2. The van der Waals surface area contributed by atoms with Gasteiger partial charge in [0.15, 0.2) is 0 Å². The summed E-state index contributed by atoms with van der Waals surface area (Å²) < 4.78 is 0. The summed E-state index contributed by atoms with van der Waals surface area (Å²) in [5.41, 5.74) is 1.59. The zero-order valence-corrected chi connectivity index (χ0v) is 10.4. The van der Waals surface area contributed by atoms with E-state index in [9.17, 15) is 0 Å². The van der Waals surface area contributed by atoms with Crippen LogP contribution in [0.25, 0.3) is 0 Å². The fourth-order valence-corrected chi connectivity index (χ4v) is 14.0. The Labute approximate surface area is 68.1 Å². The minimum Gasteiger partial charge on any atom is -0.0698 e. The lowest BCUT2D eigenvalue weighted by molar-refractivity contribution is 1.32. The van der Waals surface area contributed by atoms with Gasteiger partial charge in [-0.2, -0.15) is 0 Å². The van der Waals surface area contributed by atoms with Gasteiger partial charge in [0.25, 0.3) is 0 Å². The molecule has 0 aliphatic carbocycles. The predicted molar refractivity (Wildman–Crippen MR) is 56.1 cm³/mol. The lowest BCUT2D eigenvalue weighted by atomic mass is 11.0. The standard InChI is InChI=1S/C8H22Si2/c1-7-10(5,6)8-9(2,3)4/h7-8H2,1-6H3. The third-order valence-electron chi connectivity index (χ3n) is 1.97. The Hall–Kier alpha value is 0.434. The molecule has 2 heteroatoms. The molecule has 0 unspecified atom stereocenters. The second kappa shape index (κ2) is 3.22. The Morgan fingerprint density at radius 1 is 0.900 bits per heavy atom. The molecule has 0 bridgehead atoms. The molecule has 0 rings (SSSR count). The molecule has 0 N–H and O–H groups in total. The Bertz CT molecular complexity index is 100. The van der Waals surface area contributed by atoms with Crippen LogP contribution in [-0.2, 0) is 0 Å². The van der Waals surface area contributed by atoms with E-state index in [4.69, 9.17) is 0 Å². The van der Waals surface area contributed by atoms with Crippen LogP contribution < -0.4 is 0 Å². The highest BCUT2D eigenvalue weighted by atomic mass is 28.4. The smallest absolute Gasteiger partial charge is 0.0444 e. The molecular weight excluding hydrogens is 152 g/mol. The van der Waals surface area contributed by atoms with Gasteiger partial charge in [-0.1, -0.05) is 51.4 Å². The van der Waals surface area contributed by atoms with Crippen molar-refractivity contribution in [1.82, 2.24) is 0 Å². The summed E-state index contributed by atoms with van der Waals surface area (Å²) in [5, 5.41) is 0. The summed E-state index contributed by atoms with van der Waals surface area (Å²) >= 11 is 0. The van der Waals surface area contributed by atoms with Crippen molar-refractivity contribution in [2.75, 3.05) is 0 Å². The van der Waals surface area contributed by atoms with E-state index in [1.807, 2.05) is 0 Å². The van der Waals surface area contributed by atoms with Crippen LogP contribution in [0.2, 0.25) is 44.4 Å². The van der Waals surface area contributed by atoms with Gasteiger partial charge in [0.1, 0.15) is 0 Å². The molecule has 0 amide bonds. The van der Waals surface area contributed by atoms with E-state index in [0.717, 1.165) is 0 Å². The average Bonchev–Trinajstić information content (AvgIpc) is 1.60. The maximum absolute atomic E-state index is 2.52. The lowest BCUT2D eigenvalue weighted by Crippen LogP contribution is -2.36. The van der Waals surface area contributed by atoms with Gasteiger partial charge >= 0.3 is 0 Å². The van der Waals surface area contributed by atoms with E-state index in [-0.39, 0.29) is 0 Å². The van der Waals surface area contributed by atoms with Crippen LogP contribution in [0.1, 0.15) is 6.92 Å². The van der Waals surface area contributed by atoms with Gasteiger partial charge in [0.05, 0.1) is 0 Å². The first-order chi connectivity index (χ1) is 4.27. The largest absolute Gasteiger partial charge is 0.0698 e. The Morgan fingerprint density at radius 3 is 1.40 bits per heavy atom. The summed E-state index contributed by atoms with van der Waals surface area (Å²) in [7, 11) is -1.50. The molecule has 62 valence electrons. The quantitative estimate of drug-likeness (QED) is 0.574. The number of hydrogen-bond acceptors (Lipinski definition) is 0. The minimum atomic E-state index is -0.752. The van der Waals surface area contributed by atoms with Crippen LogP contribution in [0, 0.1) is 0 Å². The monoisotopic (exact) mass is 174 g/mol. The van der Waals surface area contributed by atoms with Crippen molar-refractivity contribution < 1.29 is 0 Å². The van der Waals surface area contributed by atoms with Crippen molar-refractivity contribution in [3.63, 3.8) is 0 Å². The van der Waals surface area contributed by atoms with E-state index >= 15 is 0 Å². The zero-order chi connectivity index (χ0) is 8.41. The highest BCUT2D eigenvalue weighted by Gasteiger charge is 2.26. The van der Waals surface area contributed by atoms with Crippen LogP contribution in [0.5, 0.6) is 0 Å². The zero-order valence-electron chi connectivity index (χ0n) is 8.41. The average molecular weight is 174 g/mol. The van der Waals surface area contributed by atoms with Crippen molar-refractivity contribution in [3.05, 3.63) is 0 Å². The maximum Gasteiger partial charge on any atom is 0.0444 e. The van der Waals surface area contributed by atoms with Crippen molar-refractivity contribution >= 4 is 16.1 Å². The van der Waals surface area contributed by atoms with E-state index in [0.29, 0.717) is 0 Å². The molecule has 0 atom stereocenters. The first kappa shape index (κ1) is 10.4. The van der Waals surface area contributed by atoms with Crippen LogP contribution in [-0.4, -0.2) is 16.1 Å². The highest BCUT2D eigenvalue weighted by Crippen LogP contribution is 2.22. The van der Waals surface area contributed by atoms with Gasteiger partial charge in [-0.15, -0.1) is 0 Å². The molecule has 0 aliphatic rings. The molecule has 0 aliphatic heterocycles. The molecule has 0 aromatic heterocycles. The first-order valence-corrected chi connectivity index (χ1v) is 11.4. The second-order valence-electron chi connectivity index (χ2n) is 5.26. The molecule has 0 saturated carbocycles. The molecule has 10 heavy (non-hydrogen) atoms. The van der Waals surface area contributed by atoms with Crippen molar-refractivity contribution in [1.29, 1.82) is 0 Å². The molecule has 0 nitrogen and oxygen atoms in total. The van der Waals surface area contributed by atoms with E-state index < -0.39 is 16.1 Å². The topological polar surface area (TPSA) is 0 Å². The molecule has 0 heterocycles. The second-order valence-corrected chi connectivity index (χ2v) is 16.8. The highest BCUT2D eigenvalue weighted by molar-refractivity contribution is 6.94. The predicted octanol–water partition coefficient (Wildman–Crippen LogP) is 3.59. The van der Waals surface area contributed by atoms with E-state index in [1.54, 1.807) is 5.67 Å². The van der Waals surface area contributed by atoms with Crippen LogP contribution in [0.15, 0.2) is 0 Å². The van der Waals surface area contributed by atoms with Gasteiger partial charge < -0.3 is 0 Å². The van der Waals surface area contributed by atoms with Gasteiger partial charge in [-0.25, -0.2) is 0 Å². The summed E-state index contributed by atoms with van der Waals surface area (Å²) in [6.07, 6.45) is 0.